The number of rotatable bonds is 11. The molecule has 0 aliphatic carbocycles. The van der Waals surface area contributed by atoms with Crippen LogP contribution in [0.3, 0.4) is 0 Å². The molecule has 8 rings (SSSR count). The lowest BCUT2D eigenvalue weighted by Crippen LogP contribution is -2.49. The zero-order valence-electron chi connectivity index (χ0n) is 35.5. The van der Waals surface area contributed by atoms with E-state index in [1.165, 1.54) is 5.69 Å². The number of piperazine rings is 1. The van der Waals surface area contributed by atoms with Crippen LogP contribution < -0.4 is 30.7 Å². The Morgan fingerprint density at radius 2 is 1.57 bits per heavy atom. The van der Waals surface area contributed by atoms with Gasteiger partial charge in [0.25, 0.3) is 0 Å². The monoisotopic (exact) mass is 826 g/mol. The highest BCUT2D eigenvalue weighted by atomic mass is 16.5. The fourth-order valence-electron chi connectivity index (χ4n) is 8.22. The number of pyridine rings is 1. The minimum absolute atomic E-state index is 0.0511. The summed E-state index contributed by atoms with van der Waals surface area (Å²) in [5.74, 6) is 1.81. The standard InChI is InChI=1S/C45H54N12O4/c1-29-24-32(6-12-36(29)30(2)49-41(59)42-52-43(53-61-42)45(3,4)5)37-25-39(48-28-47-37)50-38-13-11-35(26-46-38)56-22-20-54(21-23-56)27-31-14-17-55(18-15-31)33-7-9-34(10-8-33)57-19-16-40(58)51-44(57)60/h6-13,24-26,28,30-31H,14-23,27H2,1-5H3,(H,49,59)(H,51,58,60)(H,46,47,48,50)/t30-/m1/s1. The zero-order valence-corrected chi connectivity index (χ0v) is 35.5. The van der Waals surface area contributed by atoms with Crippen molar-refractivity contribution in [2.75, 3.05) is 72.4 Å². The van der Waals surface area contributed by atoms with E-state index in [0.29, 0.717) is 36.3 Å². The summed E-state index contributed by atoms with van der Waals surface area (Å²) in [5, 5.41) is 12.7. The molecule has 1 atom stereocenters. The number of hydrogen-bond acceptors (Lipinski definition) is 13. The number of carbonyl (C=O) groups excluding carboxylic acids is 3. The topological polar surface area (TPSA) is 178 Å². The lowest BCUT2D eigenvalue weighted by Gasteiger charge is -2.40. The molecule has 4 amide bonds. The highest BCUT2D eigenvalue weighted by Gasteiger charge is 2.28. The Hall–Kier alpha value is -6.42. The summed E-state index contributed by atoms with van der Waals surface area (Å²) in [4.78, 5) is 63.6. The van der Waals surface area contributed by atoms with Gasteiger partial charge in [-0.05, 0) is 86.2 Å². The number of aromatic nitrogens is 5. The van der Waals surface area contributed by atoms with Crippen LogP contribution in [0.5, 0.6) is 0 Å². The van der Waals surface area contributed by atoms with E-state index in [0.717, 1.165) is 92.4 Å². The summed E-state index contributed by atoms with van der Waals surface area (Å²) >= 11 is 0. The van der Waals surface area contributed by atoms with Crippen molar-refractivity contribution in [1.29, 1.82) is 0 Å². The third-order valence-corrected chi connectivity index (χ3v) is 11.8. The number of hydrogen-bond donors (Lipinski definition) is 3. The van der Waals surface area contributed by atoms with Crippen LogP contribution in [0, 0.1) is 12.8 Å². The molecule has 318 valence electrons. The molecule has 0 saturated carbocycles. The van der Waals surface area contributed by atoms with Crippen molar-refractivity contribution in [3.63, 3.8) is 0 Å². The molecular formula is C45H54N12O4. The number of aryl methyl sites for hydroxylation is 1. The highest BCUT2D eigenvalue weighted by molar-refractivity contribution is 6.05. The largest absolute Gasteiger partial charge is 0.372 e. The van der Waals surface area contributed by atoms with Gasteiger partial charge in [0.2, 0.25) is 5.91 Å². The first-order valence-electron chi connectivity index (χ1n) is 21.1. The molecule has 3 saturated heterocycles. The van der Waals surface area contributed by atoms with E-state index in [9.17, 15) is 14.4 Å². The number of benzene rings is 2. The van der Waals surface area contributed by atoms with Crippen LogP contribution in [-0.2, 0) is 10.2 Å². The second-order valence-electron chi connectivity index (χ2n) is 17.2. The molecule has 5 aromatic rings. The van der Waals surface area contributed by atoms with Crippen molar-refractivity contribution >= 4 is 46.5 Å². The number of amides is 4. The molecule has 3 fully saturated rings. The third-order valence-electron chi connectivity index (χ3n) is 11.8. The summed E-state index contributed by atoms with van der Waals surface area (Å²) < 4.78 is 5.22. The molecule has 3 aromatic heterocycles. The molecule has 16 nitrogen and oxygen atoms in total. The maximum atomic E-state index is 12.9. The van der Waals surface area contributed by atoms with Gasteiger partial charge in [-0.25, -0.2) is 19.7 Å². The van der Waals surface area contributed by atoms with E-state index in [1.807, 2.05) is 77.2 Å². The predicted molar refractivity (Wildman–Crippen MR) is 234 cm³/mol. The van der Waals surface area contributed by atoms with Crippen LogP contribution >= 0.6 is 0 Å². The van der Waals surface area contributed by atoms with Crippen LogP contribution in [0.4, 0.5) is 33.5 Å². The molecule has 0 radical (unpaired) electrons. The number of nitrogens with zero attached hydrogens (tertiary/aromatic N) is 9. The molecule has 0 unspecified atom stereocenters. The van der Waals surface area contributed by atoms with E-state index in [4.69, 9.17) is 9.51 Å². The fraction of sp³-hybridized carbons (Fsp3) is 0.422. The first kappa shape index (κ1) is 41.3. The van der Waals surface area contributed by atoms with Crippen molar-refractivity contribution in [2.45, 2.75) is 65.3 Å². The number of piperidine rings is 1. The molecule has 0 bridgehead atoms. The predicted octanol–water partition coefficient (Wildman–Crippen LogP) is 6.25. The highest BCUT2D eigenvalue weighted by Crippen LogP contribution is 2.29. The maximum Gasteiger partial charge on any atom is 0.328 e. The van der Waals surface area contributed by atoms with Gasteiger partial charge in [-0.3, -0.25) is 24.7 Å². The first-order chi connectivity index (χ1) is 29.4. The van der Waals surface area contributed by atoms with Gasteiger partial charge < -0.3 is 25.0 Å². The van der Waals surface area contributed by atoms with Crippen LogP contribution in [0.25, 0.3) is 11.3 Å². The SMILES string of the molecule is Cc1cc(-c2cc(Nc3ccc(N4CCN(CC5CCN(c6ccc(N7CCC(=O)NC7=O)cc6)CC5)CC4)cn3)ncn2)ccc1[C@@H](C)NC(=O)c1nc(C(C)(C)C)no1. The Morgan fingerprint density at radius 3 is 2.25 bits per heavy atom. The molecule has 0 spiro atoms. The van der Waals surface area contributed by atoms with E-state index in [2.05, 4.69) is 75.0 Å². The quantitative estimate of drug-likeness (QED) is 0.136. The van der Waals surface area contributed by atoms with E-state index < -0.39 is 5.91 Å². The fourth-order valence-corrected chi connectivity index (χ4v) is 8.22. The van der Waals surface area contributed by atoms with E-state index >= 15 is 0 Å². The van der Waals surface area contributed by atoms with Gasteiger partial charge in [0.1, 0.15) is 18.0 Å². The normalized spacial score (nSPS) is 17.3. The van der Waals surface area contributed by atoms with Crippen LogP contribution in [-0.4, -0.2) is 100 Å². The molecular weight excluding hydrogens is 773 g/mol. The number of urea groups is 1. The number of nitrogens with one attached hydrogen (secondary N) is 3. The van der Waals surface area contributed by atoms with Gasteiger partial charge in [0.15, 0.2) is 5.82 Å². The Labute approximate surface area is 356 Å². The second kappa shape index (κ2) is 17.7. The minimum atomic E-state index is -0.413. The second-order valence-corrected chi connectivity index (χ2v) is 17.2. The molecule has 2 aromatic carbocycles. The van der Waals surface area contributed by atoms with Gasteiger partial charge in [0.05, 0.1) is 23.6 Å². The van der Waals surface area contributed by atoms with Crippen LogP contribution in [0.15, 0.2) is 77.7 Å². The lowest BCUT2D eigenvalue weighted by molar-refractivity contribution is -0.120. The van der Waals surface area contributed by atoms with Crippen molar-refractivity contribution in [1.82, 2.24) is 40.6 Å². The van der Waals surface area contributed by atoms with Crippen molar-refractivity contribution in [3.8, 4) is 11.3 Å². The summed E-state index contributed by atoms with van der Waals surface area (Å²) in [7, 11) is 0. The number of imide groups is 1. The van der Waals surface area contributed by atoms with Crippen LogP contribution in [0.1, 0.15) is 80.6 Å². The first-order valence-corrected chi connectivity index (χ1v) is 21.1. The maximum absolute atomic E-state index is 12.9. The van der Waals surface area contributed by atoms with Gasteiger partial charge >= 0.3 is 17.8 Å². The van der Waals surface area contributed by atoms with Gasteiger partial charge in [-0.1, -0.05) is 38.1 Å². The van der Waals surface area contributed by atoms with Gasteiger partial charge in [-0.2, -0.15) is 4.98 Å². The Bertz CT molecular complexity index is 2340. The average molecular weight is 827 g/mol. The van der Waals surface area contributed by atoms with E-state index in [-0.39, 0.29) is 29.3 Å². The third kappa shape index (κ3) is 9.80. The Morgan fingerprint density at radius 1 is 0.852 bits per heavy atom. The summed E-state index contributed by atoms with van der Waals surface area (Å²) in [6.45, 7) is 17.3. The molecule has 3 N–H and O–H groups in total. The minimum Gasteiger partial charge on any atom is -0.372 e. The molecule has 61 heavy (non-hydrogen) atoms. The zero-order chi connectivity index (χ0) is 42.7. The van der Waals surface area contributed by atoms with Crippen LogP contribution in [0.2, 0.25) is 0 Å². The molecule has 6 heterocycles. The summed E-state index contributed by atoms with van der Waals surface area (Å²) in [6.07, 6.45) is 6.09. The van der Waals surface area contributed by atoms with Gasteiger partial charge in [-0.15, -0.1) is 0 Å². The summed E-state index contributed by atoms with van der Waals surface area (Å²) in [6, 6.07) is 19.5. The molecule has 3 aliphatic rings. The average Bonchev–Trinajstić information content (AvgIpc) is 3.77. The van der Waals surface area contributed by atoms with Crippen molar-refractivity contribution in [3.05, 3.63) is 96.0 Å². The number of anilines is 5. The van der Waals surface area contributed by atoms with Gasteiger partial charge in [0, 0.05) is 87.2 Å². The number of carbonyl (C=O) groups is 3. The van der Waals surface area contributed by atoms with Crippen molar-refractivity contribution in [2.24, 2.45) is 5.92 Å². The Balaban J connectivity index is 0.782. The summed E-state index contributed by atoms with van der Waals surface area (Å²) in [5.41, 5.74) is 6.44. The smallest absolute Gasteiger partial charge is 0.328 e. The van der Waals surface area contributed by atoms with Crippen molar-refractivity contribution < 1.29 is 18.9 Å². The molecule has 3 aliphatic heterocycles. The lowest BCUT2D eigenvalue weighted by atomic mass is 9.95. The Kier molecular flexibility index (Phi) is 12.0. The van der Waals surface area contributed by atoms with E-state index in [1.54, 1.807) is 11.2 Å². The molecule has 16 heteroatoms.